The lowest BCUT2D eigenvalue weighted by Crippen LogP contribution is -2.49. The molecule has 3 heterocycles. The van der Waals surface area contributed by atoms with Crippen LogP contribution in [-0.4, -0.2) is 84.2 Å². The highest BCUT2D eigenvalue weighted by molar-refractivity contribution is 5.80. The van der Waals surface area contributed by atoms with Crippen LogP contribution >= 0.6 is 0 Å². The molecule has 3 aromatic rings. The topological polar surface area (TPSA) is 93.0 Å². The normalized spacial score (nSPS) is 14.6. The molecule has 1 aliphatic heterocycles. The van der Waals surface area contributed by atoms with E-state index >= 15 is 0 Å². The van der Waals surface area contributed by atoms with Gasteiger partial charge in [0, 0.05) is 51.4 Å². The van der Waals surface area contributed by atoms with Crippen LogP contribution in [0.1, 0.15) is 18.9 Å². The molecule has 4 rings (SSSR count). The summed E-state index contributed by atoms with van der Waals surface area (Å²) in [4.78, 5) is 27.3. The van der Waals surface area contributed by atoms with E-state index in [-0.39, 0.29) is 12.2 Å². The summed E-state index contributed by atoms with van der Waals surface area (Å²) in [5.41, 5.74) is 4.06. The van der Waals surface area contributed by atoms with Gasteiger partial charge in [-0.05, 0) is 43.2 Å². The molecule has 1 aromatic carbocycles. The first-order chi connectivity index (χ1) is 17.0. The summed E-state index contributed by atoms with van der Waals surface area (Å²) in [6.07, 6.45) is 2.68. The van der Waals surface area contributed by atoms with Crippen LogP contribution in [-0.2, 0) is 11.3 Å². The zero-order valence-electron chi connectivity index (χ0n) is 20.9. The quantitative estimate of drug-likeness (QED) is 0.441. The van der Waals surface area contributed by atoms with Crippen molar-refractivity contribution in [2.24, 2.45) is 0 Å². The van der Waals surface area contributed by atoms with E-state index in [0.29, 0.717) is 50.7 Å². The van der Waals surface area contributed by atoms with Gasteiger partial charge in [0.05, 0.1) is 37.7 Å². The maximum atomic E-state index is 13.7. The van der Waals surface area contributed by atoms with Gasteiger partial charge in [0.1, 0.15) is 11.3 Å². The lowest BCUT2D eigenvalue weighted by Gasteiger charge is -2.34. The van der Waals surface area contributed by atoms with Crippen molar-refractivity contribution >= 4 is 16.9 Å². The van der Waals surface area contributed by atoms with E-state index in [1.54, 1.807) is 17.9 Å². The van der Waals surface area contributed by atoms with Crippen molar-refractivity contribution in [2.75, 3.05) is 64.6 Å². The van der Waals surface area contributed by atoms with Crippen LogP contribution in [0, 0.1) is 6.92 Å². The SMILES string of the molecule is CCCOCCn1c(=O)c(N2CCN(CCO)CC2)nc2cnc(-c3ccc(OC)c(C)c3)cc21. The Morgan fingerprint density at radius 1 is 1.09 bits per heavy atom. The molecule has 188 valence electrons. The summed E-state index contributed by atoms with van der Waals surface area (Å²) in [7, 11) is 1.66. The Bertz CT molecular complexity index is 1200. The summed E-state index contributed by atoms with van der Waals surface area (Å²) >= 11 is 0. The average Bonchev–Trinajstić information content (AvgIpc) is 2.88. The van der Waals surface area contributed by atoms with Gasteiger partial charge in [-0.1, -0.05) is 6.92 Å². The Kier molecular flexibility index (Phi) is 8.33. The molecule has 2 aromatic heterocycles. The highest BCUT2D eigenvalue weighted by Gasteiger charge is 2.22. The summed E-state index contributed by atoms with van der Waals surface area (Å²) in [5.74, 6) is 1.27. The third-order valence-electron chi connectivity index (χ3n) is 6.40. The van der Waals surface area contributed by atoms with Crippen molar-refractivity contribution in [3.63, 3.8) is 0 Å². The number of aliphatic hydroxyl groups excluding tert-OH is 1. The van der Waals surface area contributed by atoms with Crippen LogP contribution in [0.4, 0.5) is 5.82 Å². The van der Waals surface area contributed by atoms with Gasteiger partial charge in [0.15, 0.2) is 5.82 Å². The number of aryl methyl sites for hydroxylation is 1. The summed E-state index contributed by atoms with van der Waals surface area (Å²) in [5, 5.41) is 9.22. The molecule has 1 saturated heterocycles. The number of hydrogen-bond donors (Lipinski definition) is 1. The fourth-order valence-corrected chi connectivity index (χ4v) is 4.48. The first-order valence-corrected chi connectivity index (χ1v) is 12.3. The molecule has 0 unspecified atom stereocenters. The molecule has 1 aliphatic rings. The van der Waals surface area contributed by atoms with Gasteiger partial charge < -0.3 is 24.0 Å². The van der Waals surface area contributed by atoms with E-state index in [9.17, 15) is 9.90 Å². The largest absolute Gasteiger partial charge is 0.496 e. The van der Waals surface area contributed by atoms with E-state index < -0.39 is 0 Å². The number of aromatic nitrogens is 3. The van der Waals surface area contributed by atoms with Crippen molar-refractivity contribution < 1.29 is 14.6 Å². The minimum Gasteiger partial charge on any atom is -0.496 e. The van der Waals surface area contributed by atoms with Gasteiger partial charge in [0.2, 0.25) is 0 Å². The van der Waals surface area contributed by atoms with Crippen LogP contribution in [0.2, 0.25) is 0 Å². The number of fused-ring (bicyclic) bond motifs is 1. The average molecular weight is 482 g/mol. The number of benzene rings is 1. The standard InChI is InChI=1S/C26H35N5O4/c1-4-14-35-15-12-31-23-17-21(20-5-6-24(34-3)19(2)16-20)27-18-22(23)28-25(26(31)33)30-9-7-29(8-10-30)11-13-32/h5-6,16-18,32H,4,7-15H2,1-3H3. The van der Waals surface area contributed by atoms with Gasteiger partial charge in [-0.2, -0.15) is 0 Å². The van der Waals surface area contributed by atoms with Gasteiger partial charge in [-0.15, -0.1) is 0 Å². The molecule has 9 heteroatoms. The fourth-order valence-electron chi connectivity index (χ4n) is 4.48. The number of pyridine rings is 1. The number of hydrogen-bond acceptors (Lipinski definition) is 8. The number of ether oxygens (including phenoxy) is 2. The lowest BCUT2D eigenvalue weighted by molar-refractivity contribution is 0.127. The lowest BCUT2D eigenvalue weighted by atomic mass is 10.1. The number of piperazine rings is 1. The van der Waals surface area contributed by atoms with Crippen molar-refractivity contribution in [2.45, 2.75) is 26.8 Å². The van der Waals surface area contributed by atoms with Crippen LogP contribution in [0.5, 0.6) is 5.75 Å². The first kappa shape index (κ1) is 25.1. The Balaban J connectivity index is 1.72. The summed E-state index contributed by atoms with van der Waals surface area (Å²) in [6, 6.07) is 7.88. The molecular formula is C26H35N5O4. The number of anilines is 1. The molecule has 0 atom stereocenters. The van der Waals surface area contributed by atoms with Crippen LogP contribution in [0.15, 0.2) is 35.3 Å². The van der Waals surface area contributed by atoms with Gasteiger partial charge in [-0.3, -0.25) is 14.7 Å². The van der Waals surface area contributed by atoms with Crippen molar-refractivity contribution in [3.05, 3.63) is 46.4 Å². The highest BCUT2D eigenvalue weighted by atomic mass is 16.5. The predicted molar refractivity (Wildman–Crippen MR) is 137 cm³/mol. The third kappa shape index (κ3) is 5.63. The van der Waals surface area contributed by atoms with Gasteiger partial charge in [-0.25, -0.2) is 4.98 Å². The van der Waals surface area contributed by atoms with Crippen LogP contribution in [0.3, 0.4) is 0 Å². The summed E-state index contributed by atoms with van der Waals surface area (Å²) in [6.45, 7) is 9.37. The minimum atomic E-state index is -0.115. The van der Waals surface area contributed by atoms with Gasteiger partial charge in [0.25, 0.3) is 5.56 Å². The second kappa shape index (κ2) is 11.6. The monoisotopic (exact) mass is 481 g/mol. The van der Waals surface area contributed by atoms with Crippen LogP contribution in [0.25, 0.3) is 22.3 Å². The van der Waals surface area contributed by atoms with E-state index in [2.05, 4.69) is 16.8 Å². The van der Waals surface area contributed by atoms with E-state index in [4.69, 9.17) is 14.5 Å². The molecule has 0 bridgehead atoms. The molecule has 1 fully saturated rings. The zero-order valence-corrected chi connectivity index (χ0v) is 20.9. The van der Waals surface area contributed by atoms with Crippen molar-refractivity contribution in [1.82, 2.24) is 19.4 Å². The molecular weight excluding hydrogens is 446 g/mol. The van der Waals surface area contributed by atoms with Gasteiger partial charge >= 0.3 is 0 Å². The smallest absolute Gasteiger partial charge is 0.294 e. The van der Waals surface area contributed by atoms with Crippen molar-refractivity contribution in [1.29, 1.82) is 0 Å². The van der Waals surface area contributed by atoms with E-state index in [1.807, 2.05) is 36.1 Å². The zero-order chi connectivity index (χ0) is 24.8. The maximum Gasteiger partial charge on any atom is 0.294 e. The second-order valence-corrected chi connectivity index (χ2v) is 8.80. The molecule has 1 N–H and O–H groups in total. The molecule has 0 aliphatic carbocycles. The number of β-amino-alcohol motifs (C(OH)–C–C–N with tert-alkyl or cyclic N) is 1. The maximum absolute atomic E-state index is 13.7. The second-order valence-electron chi connectivity index (χ2n) is 8.80. The van der Waals surface area contributed by atoms with E-state index in [1.165, 1.54) is 0 Å². The molecule has 9 nitrogen and oxygen atoms in total. The molecule has 0 radical (unpaired) electrons. The molecule has 0 saturated carbocycles. The summed E-state index contributed by atoms with van der Waals surface area (Å²) < 4.78 is 12.9. The molecule has 0 amide bonds. The predicted octanol–water partition coefficient (Wildman–Crippen LogP) is 2.32. The Morgan fingerprint density at radius 2 is 1.89 bits per heavy atom. The van der Waals surface area contributed by atoms with E-state index in [0.717, 1.165) is 47.6 Å². The molecule has 0 spiro atoms. The van der Waals surface area contributed by atoms with Crippen LogP contribution < -0.4 is 15.2 Å². The first-order valence-electron chi connectivity index (χ1n) is 12.3. The third-order valence-corrected chi connectivity index (χ3v) is 6.40. The fraction of sp³-hybridized carbons (Fsp3) is 0.500. The number of methoxy groups -OCH3 is 1. The number of rotatable bonds is 10. The van der Waals surface area contributed by atoms with Crippen molar-refractivity contribution in [3.8, 4) is 17.0 Å². The number of aliphatic hydroxyl groups is 1. The minimum absolute atomic E-state index is 0.115. The Labute approximate surface area is 205 Å². The Morgan fingerprint density at radius 3 is 2.57 bits per heavy atom. The Hall–Kier alpha value is -3.01. The molecule has 35 heavy (non-hydrogen) atoms. The highest BCUT2D eigenvalue weighted by Crippen LogP contribution is 2.27. The number of nitrogens with zero attached hydrogens (tertiary/aromatic N) is 5.